The summed E-state index contributed by atoms with van der Waals surface area (Å²) in [5.41, 5.74) is 0.506. The van der Waals surface area contributed by atoms with Crippen molar-refractivity contribution in [3.8, 4) is 0 Å². The zero-order valence-electron chi connectivity index (χ0n) is 11.4. The summed E-state index contributed by atoms with van der Waals surface area (Å²) in [5.74, 6) is -1.18. The highest BCUT2D eigenvalue weighted by Gasteiger charge is 2.29. The SMILES string of the molecule is CCOC(=O)C(c1cccc(F)c1)c1nncn1CC. The maximum Gasteiger partial charge on any atom is 0.321 e. The van der Waals surface area contributed by atoms with Crippen molar-refractivity contribution in [3.05, 3.63) is 47.8 Å². The zero-order valence-corrected chi connectivity index (χ0v) is 11.4. The fourth-order valence-corrected chi connectivity index (χ4v) is 2.03. The summed E-state index contributed by atoms with van der Waals surface area (Å²) < 4.78 is 20.2. The van der Waals surface area contributed by atoms with E-state index in [-0.39, 0.29) is 6.61 Å². The van der Waals surface area contributed by atoms with Crippen LogP contribution >= 0.6 is 0 Å². The number of hydrogen-bond donors (Lipinski definition) is 0. The number of benzene rings is 1. The molecule has 0 spiro atoms. The molecule has 0 aliphatic heterocycles. The fourth-order valence-electron chi connectivity index (χ4n) is 2.03. The number of hydrogen-bond acceptors (Lipinski definition) is 4. The van der Waals surface area contributed by atoms with E-state index in [9.17, 15) is 9.18 Å². The quantitative estimate of drug-likeness (QED) is 0.786. The number of esters is 1. The van der Waals surface area contributed by atoms with E-state index in [0.29, 0.717) is 17.9 Å². The van der Waals surface area contributed by atoms with Crippen molar-refractivity contribution in [2.24, 2.45) is 0 Å². The molecule has 0 aliphatic carbocycles. The van der Waals surface area contributed by atoms with Crippen LogP contribution in [0.2, 0.25) is 0 Å². The lowest BCUT2D eigenvalue weighted by Crippen LogP contribution is -2.21. The van der Waals surface area contributed by atoms with Crippen LogP contribution in [0.1, 0.15) is 31.2 Å². The highest BCUT2D eigenvalue weighted by molar-refractivity contribution is 5.81. The van der Waals surface area contributed by atoms with Gasteiger partial charge in [0.25, 0.3) is 0 Å². The van der Waals surface area contributed by atoms with E-state index in [2.05, 4.69) is 10.2 Å². The second kappa shape index (κ2) is 6.27. The van der Waals surface area contributed by atoms with Gasteiger partial charge in [-0.05, 0) is 31.5 Å². The predicted molar refractivity (Wildman–Crippen MR) is 70.6 cm³/mol. The summed E-state index contributed by atoms with van der Waals surface area (Å²) in [4.78, 5) is 12.2. The molecule has 0 aliphatic rings. The van der Waals surface area contributed by atoms with Crippen LogP contribution in [0.3, 0.4) is 0 Å². The molecule has 0 bridgehead atoms. The van der Waals surface area contributed by atoms with Crippen molar-refractivity contribution >= 4 is 5.97 Å². The Labute approximate surface area is 116 Å². The minimum Gasteiger partial charge on any atom is -0.465 e. The van der Waals surface area contributed by atoms with Gasteiger partial charge in [-0.3, -0.25) is 4.79 Å². The molecule has 106 valence electrons. The first-order valence-electron chi connectivity index (χ1n) is 6.47. The second-order valence-corrected chi connectivity index (χ2v) is 4.22. The Kier molecular flexibility index (Phi) is 4.45. The van der Waals surface area contributed by atoms with Gasteiger partial charge >= 0.3 is 5.97 Å². The van der Waals surface area contributed by atoms with Crippen LogP contribution in [-0.2, 0) is 16.1 Å². The Balaban J connectivity index is 2.47. The van der Waals surface area contributed by atoms with Crippen molar-refractivity contribution in [3.63, 3.8) is 0 Å². The molecule has 0 saturated heterocycles. The van der Waals surface area contributed by atoms with E-state index in [4.69, 9.17) is 4.74 Å². The van der Waals surface area contributed by atoms with Gasteiger partial charge in [-0.1, -0.05) is 12.1 Å². The first-order chi connectivity index (χ1) is 9.67. The third-order valence-corrected chi connectivity index (χ3v) is 2.95. The van der Waals surface area contributed by atoms with E-state index in [1.807, 2.05) is 6.92 Å². The highest BCUT2D eigenvalue weighted by atomic mass is 19.1. The summed E-state index contributed by atoms with van der Waals surface area (Å²) in [7, 11) is 0. The van der Waals surface area contributed by atoms with Crippen molar-refractivity contribution in [2.45, 2.75) is 26.3 Å². The Morgan fingerprint density at radius 1 is 1.45 bits per heavy atom. The predicted octanol–water partition coefficient (Wildman–Crippen LogP) is 2.13. The molecule has 2 aromatic rings. The molecule has 20 heavy (non-hydrogen) atoms. The van der Waals surface area contributed by atoms with Crippen molar-refractivity contribution in [1.29, 1.82) is 0 Å². The number of rotatable bonds is 5. The van der Waals surface area contributed by atoms with Crippen LogP contribution in [0.15, 0.2) is 30.6 Å². The Morgan fingerprint density at radius 2 is 2.25 bits per heavy atom. The van der Waals surface area contributed by atoms with Gasteiger partial charge < -0.3 is 9.30 Å². The number of halogens is 1. The van der Waals surface area contributed by atoms with Crippen LogP contribution in [0.25, 0.3) is 0 Å². The number of nitrogens with zero attached hydrogens (tertiary/aromatic N) is 3. The van der Waals surface area contributed by atoms with Crippen LogP contribution in [0.5, 0.6) is 0 Å². The highest BCUT2D eigenvalue weighted by Crippen LogP contribution is 2.25. The van der Waals surface area contributed by atoms with Gasteiger partial charge in [-0.2, -0.15) is 0 Å². The summed E-state index contributed by atoms with van der Waals surface area (Å²) in [6, 6.07) is 5.88. The zero-order chi connectivity index (χ0) is 14.5. The number of ether oxygens (including phenoxy) is 1. The molecule has 6 heteroatoms. The first-order valence-corrected chi connectivity index (χ1v) is 6.47. The Morgan fingerprint density at radius 3 is 2.90 bits per heavy atom. The third-order valence-electron chi connectivity index (χ3n) is 2.95. The van der Waals surface area contributed by atoms with Crippen molar-refractivity contribution < 1.29 is 13.9 Å². The minimum absolute atomic E-state index is 0.255. The standard InChI is InChI=1S/C14H16FN3O2/c1-3-18-9-16-17-13(18)12(14(19)20-4-2)10-6-5-7-11(15)8-10/h5-9,12H,3-4H2,1-2H3. The van der Waals surface area contributed by atoms with Gasteiger partial charge in [0.2, 0.25) is 0 Å². The molecule has 1 unspecified atom stereocenters. The monoisotopic (exact) mass is 277 g/mol. The van der Waals surface area contributed by atoms with E-state index >= 15 is 0 Å². The molecule has 0 fully saturated rings. The molecule has 1 aromatic heterocycles. The molecule has 0 N–H and O–H groups in total. The lowest BCUT2D eigenvalue weighted by molar-refractivity contribution is -0.144. The molecule has 0 saturated carbocycles. The summed E-state index contributed by atoms with van der Waals surface area (Å²) in [6.45, 7) is 4.52. The van der Waals surface area contributed by atoms with Crippen molar-refractivity contribution in [1.82, 2.24) is 14.8 Å². The smallest absolute Gasteiger partial charge is 0.321 e. The summed E-state index contributed by atoms with van der Waals surface area (Å²) in [6.07, 6.45) is 1.54. The molecular weight excluding hydrogens is 261 g/mol. The van der Waals surface area contributed by atoms with Crippen molar-refractivity contribution in [2.75, 3.05) is 6.61 Å². The molecule has 1 aromatic carbocycles. The molecule has 5 nitrogen and oxygen atoms in total. The molecule has 0 radical (unpaired) electrons. The van der Waals surface area contributed by atoms with Crippen LogP contribution in [0, 0.1) is 5.82 Å². The van der Waals surface area contributed by atoms with Gasteiger partial charge in [-0.15, -0.1) is 10.2 Å². The number of carbonyl (C=O) groups excluding carboxylic acids is 1. The fraction of sp³-hybridized carbons (Fsp3) is 0.357. The number of carbonyl (C=O) groups is 1. The van der Waals surface area contributed by atoms with Gasteiger partial charge in [0.05, 0.1) is 6.61 Å². The maximum absolute atomic E-state index is 13.4. The van der Waals surface area contributed by atoms with E-state index < -0.39 is 17.7 Å². The molecule has 2 rings (SSSR count). The lowest BCUT2D eigenvalue weighted by atomic mass is 9.98. The van der Waals surface area contributed by atoms with Crippen LogP contribution < -0.4 is 0 Å². The molecule has 1 atom stereocenters. The largest absolute Gasteiger partial charge is 0.465 e. The topological polar surface area (TPSA) is 57.0 Å². The molecular formula is C14H16FN3O2. The average Bonchev–Trinajstić information content (AvgIpc) is 2.87. The second-order valence-electron chi connectivity index (χ2n) is 4.22. The number of aromatic nitrogens is 3. The maximum atomic E-state index is 13.4. The number of aryl methyl sites for hydroxylation is 1. The van der Waals surface area contributed by atoms with Gasteiger partial charge in [0.15, 0.2) is 5.82 Å². The lowest BCUT2D eigenvalue weighted by Gasteiger charge is -2.16. The van der Waals surface area contributed by atoms with E-state index in [0.717, 1.165) is 0 Å². The minimum atomic E-state index is -0.770. The molecule has 1 heterocycles. The Bertz CT molecular complexity index is 598. The third kappa shape index (κ3) is 2.84. The van der Waals surface area contributed by atoms with Gasteiger partial charge in [0.1, 0.15) is 18.1 Å². The van der Waals surface area contributed by atoms with Gasteiger partial charge in [-0.25, -0.2) is 4.39 Å². The van der Waals surface area contributed by atoms with Crippen LogP contribution in [-0.4, -0.2) is 27.3 Å². The van der Waals surface area contributed by atoms with E-state index in [1.54, 1.807) is 30.0 Å². The van der Waals surface area contributed by atoms with Crippen LogP contribution in [0.4, 0.5) is 4.39 Å². The Hall–Kier alpha value is -2.24. The summed E-state index contributed by atoms with van der Waals surface area (Å²) in [5, 5.41) is 7.80. The normalized spacial score (nSPS) is 12.2. The van der Waals surface area contributed by atoms with Gasteiger partial charge in [0, 0.05) is 6.54 Å². The summed E-state index contributed by atoms with van der Waals surface area (Å²) >= 11 is 0. The van der Waals surface area contributed by atoms with E-state index in [1.165, 1.54) is 12.1 Å². The molecule has 0 amide bonds. The average molecular weight is 277 g/mol. The first kappa shape index (κ1) is 14.2.